The molecule has 0 fully saturated rings. The van der Waals surface area contributed by atoms with Crippen molar-refractivity contribution < 1.29 is 32.1 Å². The van der Waals surface area contributed by atoms with Crippen LogP contribution in [0.2, 0.25) is 0 Å². The van der Waals surface area contributed by atoms with Crippen LogP contribution in [0.15, 0.2) is 73.1 Å². The van der Waals surface area contributed by atoms with Crippen LogP contribution in [-0.4, -0.2) is 65.8 Å². The van der Waals surface area contributed by atoms with Gasteiger partial charge in [-0.15, -0.1) is 0 Å². The van der Waals surface area contributed by atoms with Crippen molar-refractivity contribution in [1.29, 1.82) is 0 Å². The van der Waals surface area contributed by atoms with Gasteiger partial charge in [-0.3, -0.25) is 23.6 Å². The lowest BCUT2D eigenvalue weighted by Gasteiger charge is -2.30. The summed E-state index contributed by atoms with van der Waals surface area (Å²) in [5, 5.41) is 6.94. The summed E-state index contributed by atoms with van der Waals surface area (Å²) in [7, 11) is -4.18. The average molecular weight is 645 g/mol. The highest BCUT2D eigenvalue weighted by Crippen LogP contribution is 2.36. The third kappa shape index (κ3) is 7.88. The van der Waals surface area contributed by atoms with Crippen LogP contribution in [-0.2, 0) is 21.5 Å². The van der Waals surface area contributed by atoms with Gasteiger partial charge in [-0.1, -0.05) is 36.4 Å². The lowest BCUT2D eigenvalue weighted by molar-refractivity contribution is -0.118. The number of amides is 2. The fourth-order valence-electron chi connectivity index (χ4n) is 5.42. The minimum Gasteiger partial charge on any atom is -0.493 e. The van der Waals surface area contributed by atoms with Gasteiger partial charge in [0.2, 0.25) is 5.91 Å². The number of carbonyl (C=O) groups is 3. The number of benzene rings is 3. The molecular weight excluding hydrogens is 608 g/mol. The Morgan fingerprint density at radius 1 is 1.07 bits per heavy atom. The van der Waals surface area contributed by atoms with Crippen molar-refractivity contribution in [2.24, 2.45) is 0 Å². The number of nitrogens with one attached hydrogen (secondary N) is 1. The van der Waals surface area contributed by atoms with Gasteiger partial charge in [0.25, 0.3) is 16.0 Å². The zero-order chi connectivity index (χ0) is 32.8. The number of anilines is 1. The molecule has 0 saturated heterocycles. The van der Waals surface area contributed by atoms with E-state index in [2.05, 4.69) is 10.4 Å². The van der Waals surface area contributed by atoms with Crippen molar-refractivity contribution in [3.05, 3.63) is 101 Å². The SMILES string of the molecule is Cc1cccc(OCCCC(=O)N2CCC(=O)c3c(-c4cnn(Cc5cccc(C(=O)NCCS(=O)(=O)O)c5)c4)cccc32)c1C. The van der Waals surface area contributed by atoms with Crippen molar-refractivity contribution in [3.63, 3.8) is 0 Å². The summed E-state index contributed by atoms with van der Waals surface area (Å²) in [6.07, 6.45) is 4.54. The van der Waals surface area contributed by atoms with Gasteiger partial charge < -0.3 is 15.0 Å². The van der Waals surface area contributed by atoms with Crippen molar-refractivity contribution in [2.45, 2.75) is 39.7 Å². The van der Waals surface area contributed by atoms with Crippen molar-refractivity contribution in [1.82, 2.24) is 15.1 Å². The normalized spacial score (nSPS) is 12.9. The summed E-state index contributed by atoms with van der Waals surface area (Å²) in [6.45, 7) is 4.91. The molecule has 0 bridgehead atoms. The third-order valence-corrected chi connectivity index (χ3v) is 8.67. The Morgan fingerprint density at radius 2 is 1.85 bits per heavy atom. The van der Waals surface area contributed by atoms with E-state index in [-0.39, 0.29) is 31.1 Å². The molecule has 0 radical (unpaired) electrons. The summed E-state index contributed by atoms with van der Waals surface area (Å²) >= 11 is 0. The monoisotopic (exact) mass is 644 g/mol. The first-order chi connectivity index (χ1) is 22.0. The lowest BCUT2D eigenvalue weighted by Crippen LogP contribution is -2.37. The van der Waals surface area contributed by atoms with Crippen LogP contribution in [0.1, 0.15) is 56.7 Å². The zero-order valence-corrected chi connectivity index (χ0v) is 26.5. The molecule has 1 aliphatic heterocycles. The summed E-state index contributed by atoms with van der Waals surface area (Å²) in [5.41, 5.74) is 5.85. The number of nitrogens with zero attached hydrogens (tertiary/aromatic N) is 3. The molecule has 2 heterocycles. The molecule has 12 heteroatoms. The summed E-state index contributed by atoms with van der Waals surface area (Å²) in [6, 6.07) is 18.2. The van der Waals surface area contributed by atoms with Crippen LogP contribution in [0.3, 0.4) is 0 Å². The van der Waals surface area contributed by atoms with Gasteiger partial charge in [0.05, 0.1) is 30.8 Å². The molecule has 11 nitrogen and oxygen atoms in total. The number of carbonyl (C=O) groups excluding carboxylic acids is 3. The van der Waals surface area contributed by atoms with Gasteiger partial charge >= 0.3 is 0 Å². The maximum atomic E-state index is 13.3. The first kappa shape index (κ1) is 32.6. The van der Waals surface area contributed by atoms with Crippen LogP contribution in [0, 0.1) is 13.8 Å². The maximum absolute atomic E-state index is 13.3. The molecule has 1 aliphatic rings. The molecule has 2 N–H and O–H groups in total. The van der Waals surface area contributed by atoms with Gasteiger partial charge in [0.1, 0.15) is 5.75 Å². The fraction of sp³-hybridized carbons (Fsp3) is 0.294. The number of aromatic nitrogens is 2. The van der Waals surface area contributed by atoms with Crippen LogP contribution in [0.25, 0.3) is 11.1 Å². The predicted octanol–water partition coefficient (Wildman–Crippen LogP) is 4.61. The molecule has 0 aliphatic carbocycles. The van der Waals surface area contributed by atoms with Gasteiger partial charge in [0.15, 0.2) is 5.78 Å². The Balaban J connectivity index is 1.25. The Hall–Kier alpha value is -4.81. The highest BCUT2D eigenvalue weighted by Gasteiger charge is 2.29. The highest BCUT2D eigenvalue weighted by molar-refractivity contribution is 7.85. The third-order valence-electron chi connectivity index (χ3n) is 7.95. The largest absolute Gasteiger partial charge is 0.493 e. The van der Waals surface area contributed by atoms with Crippen molar-refractivity contribution >= 4 is 33.4 Å². The molecule has 0 unspecified atom stereocenters. The van der Waals surface area contributed by atoms with E-state index in [0.717, 1.165) is 28.0 Å². The summed E-state index contributed by atoms with van der Waals surface area (Å²) in [4.78, 5) is 40.6. The number of hydrogen-bond acceptors (Lipinski definition) is 7. The molecule has 3 aromatic carbocycles. The summed E-state index contributed by atoms with van der Waals surface area (Å²) in [5.74, 6) is -0.316. The fourth-order valence-corrected chi connectivity index (χ4v) is 5.78. The molecule has 4 aromatic rings. The second-order valence-electron chi connectivity index (χ2n) is 11.2. The van der Waals surface area contributed by atoms with Gasteiger partial charge in [0, 0.05) is 48.8 Å². The molecule has 46 heavy (non-hydrogen) atoms. The molecule has 2 amide bonds. The van der Waals surface area contributed by atoms with Crippen molar-refractivity contribution in [3.8, 4) is 16.9 Å². The standard InChI is InChI=1S/C34H36N4O7S/c1-23-7-3-12-31(24(23)2)45-17-6-13-32(40)38-16-14-30(39)33-28(10-5-11-29(33)38)27-20-36-37(22-27)21-25-8-4-9-26(19-25)34(41)35-15-18-46(42,43)44/h3-5,7-12,19-20,22H,6,13-18,21H2,1-2H3,(H,35,41)(H,42,43,44). The van der Waals surface area contributed by atoms with Crippen LogP contribution in [0.4, 0.5) is 5.69 Å². The van der Waals surface area contributed by atoms with E-state index >= 15 is 0 Å². The van der Waals surface area contributed by atoms with Gasteiger partial charge in [-0.05, 0) is 66.8 Å². The summed E-state index contributed by atoms with van der Waals surface area (Å²) < 4.78 is 38.3. The first-order valence-corrected chi connectivity index (χ1v) is 16.6. The Labute approximate surface area is 267 Å². The minimum absolute atomic E-state index is 0.0339. The van der Waals surface area contributed by atoms with E-state index in [0.29, 0.717) is 48.5 Å². The van der Waals surface area contributed by atoms with E-state index in [1.165, 1.54) is 0 Å². The number of Topliss-reactive ketones (excluding diaryl/α,β-unsaturated/α-hetero) is 1. The first-order valence-electron chi connectivity index (χ1n) is 15.0. The van der Waals surface area contributed by atoms with Crippen LogP contribution in [0.5, 0.6) is 5.75 Å². The van der Waals surface area contributed by atoms with Crippen LogP contribution < -0.4 is 15.0 Å². The molecule has 1 aromatic heterocycles. The Morgan fingerprint density at radius 3 is 2.65 bits per heavy atom. The molecule has 0 spiro atoms. The molecular formula is C34H36N4O7S. The zero-order valence-electron chi connectivity index (χ0n) is 25.7. The number of rotatable bonds is 12. The van der Waals surface area contributed by atoms with E-state index < -0.39 is 21.8 Å². The van der Waals surface area contributed by atoms with Crippen molar-refractivity contribution in [2.75, 3.05) is 30.3 Å². The topological polar surface area (TPSA) is 148 Å². The molecule has 0 saturated carbocycles. The number of fused-ring (bicyclic) bond motifs is 1. The highest BCUT2D eigenvalue weighted by atomic mass is 32.2. The Bertz CT molecular complexity index is 1880. The second kappa shape index (κ2) is 14.1. The molecule has 5 rings (SSSR count). The number of ketones is 1. The molecule has 0 atom stereocenters. The van der Waals surface area contributed by atoms with E-state index in [1.54, 1.807) is 40.0 Å². The molecule has 240 valence electrons. The predicted molar refractivity (Wildman–Crippen MR) is 174 cm³/mol. The number of ether oxygens (including phenoxy) is 1. The number of hydrogen-bond donors (Lipinski definition) is 2. The quantitative estimate of drug-likeness (QED) is 0.168. The Kier molecular flexibility index (Phi) is 9.98. The van der Waals surface area contributed by atoms with E-state index in [1.807, 2.05) is 56.4 Å². The lowest BCUT2D eigenvalue weighted by atomic mass is 9.92. The van der Waals surface area contributed by atoms with E-state index in [9.17, 15) is 22.8 Å². The smallest absolute Gasteiger partial charge is 0.266 e. The maximum Gasteiger partial charge on any atom is 0.266 e. The van der Waals surface area contributed by atoms with Gasteiger partial charge in [-0.25, -0.2) is 0 Å². The van der Waals surface area contributed by atoms with Crippen LogP contribution >= 0.6 is 0 Å². The average Bonchev–Trinajstić information content (AvgIpc) is 3.48. The van der Waals surface area contributed by atoms with E-state index in [4.69, 9.17) is 9.29 Å². The second-order valence-corrected chi connectivity index (χ2v) is 12.8. The van der Waals surface area contributed by atoms with Gasteiger partial charge in [-0.2, -0.15) is 13.5 Å². The minimum atomic E-state index is -4.18. The number of aryl methyl sites for hydroxylation is 1.